The van der Waals surface area contributed by atoms with Crippen LogP contribution in [0.1, 0.15) is 68.7 Å². The highest BCUT2D eigenvalue weighted by Gasteiger charge is 2.45. The minimum absolute atomic E-state index is 0.111. The van der Waals surface area contributed by atoms with Gasteiger partial charge in [0.1, 0.15) is 16.8 Å². The summed E-state index contributed by atoms with van der Waals surface area (Å²) in [5.41, 5.74) is 2.45. The quantitative estimate of drug-likeness (QED) is 0.339. The van der Waals surface area contributed by atoms with Crippen LogP contribution in [0.5, 0.6) is 0 Å². The minimum atomic E-state index is -4.04. The van der Waals surface area contributed by atoms with Gasteiger partial charge in [0.15, 0.2) is 0 Å². The molecule has 4 heterocycles. The second kappa shape index (κ2) is 11.0. The Morgan fingerprint density at radius 2 is 1.61 bits per heavy atom. The molecule has 0 radical (unpaired) electrons. The van der Waals surface area contributed by atoms with Crippen molar-refractivity contribution >= 4 is 21.5 Å². The maximum absolute atomic E-state index is 13.9. The molecule has 4 N–H and O–H groups in total. The molecule has 11 nitrogen and oxygen atoms in total. The molecule has 3 fully saturated rings. The number of nitrogens with two attached hydrogens (primary N) is 1. The first-order chi connectivity index (χ1) is 20.7. The highest BCUT2D eigenvalue weighted by atomic mass is 32.2. The summed E-state index contributed by atoms with van der Waals surface area (Å²) in [6, 6.07) is 8.60. The zero-order chi connectivity index (χ0) is 31.5. The summed E-state index contributed by atoms with van der Waals surface area (Å²) in [7, 11) is -4.04. The molecule has 1 atom stereocenters. The molecule has 3 aliphatic rings. The molecule has 2 aromatic heterocycles. The lowest BCUT2D eigenvalue weighted by atomic mass is 9.93. The van der Waals surface area contributed by atoms with Gasteiger partial charge in [0, 0.05) is 44.6 Å². The molecular formula is C30H39F2N7O4S. The standard InChI is InChI=1S/C30H39F2N7O4S/c1-28(2,41)21-4-5-22(34-27(21)38-15-11-30(31,32)12-16-38)23-18-39(36-35-23)24-6-3-20(26(19-40)44(33,42)43)17-25(24)37-13-9-29(7-8-29)10-14-37/h3-6,17-18,26,40-41H,7-16,19H2,1-2H3,(H2,33,42,43). The number of pyridine rings is 1. The smallest absolute Gasteiger partial charge is 0.251 e. The molecule has 44 heavy (non-hydrogen) atoms. The summed E-state index contributed by atoms with van der Waals surface area (Å²) in [5.74, 6) is -2.29. The Morgan fingerprint density at radius 3 is 2.20 bits per heavy atom. The molecule has 2 saturated heterocycles. The number of aliphatic hydroxyl groups excluding tert-OH is 1. The van der Waals surface area contributed by atoms with Gasteiger partial charge in [-0.05, 0) is 68.7 Å². The van der Waals surface area contributed by atoms with E-state index in [1.807, 2.05) is 0 Å². The monoisotopic (exact) mass is 631 g/mol. The van der Waals surface area contributed by atoms with E-state index in [0.717, 1.165) is 31.6 Å². The number of hydrogen-bond acceptors (Lipinski definition) is 9. The van der Waals surface area contributed by atoms with Crippen molar-refractivity contribution in [1.29, 1.82) is 0 Å². The molecular weight excluding hydrogens is 592 g/mol. The fourth-order valence-electron chi connectivity index (χ4n) is 6.34. The van der Waals surface area contributed by atoms with Crippen molar-refractivity contribution in [3.05, 3.63) is 47.7 Å². The number of hydrogen-bond donors (Lipinski definition) is 3. The Balaban J connectivity index is 1.36. The Hall–Kier alpha value is -3.20. The molecule has 0 amide bonds. The van der Waals surface area contributed by atoms with Gasteiger partial charge in [-0.1, -0.05) is 17.3 Å². The van der Waals surface area contributed by atoms with Gasteiger partial charge in [0.25, 0.3) is 5.92 Å². The summed E-state index contributed by atoms with van der Waals surface area (Å²) >= 11 is 0. The van der Waals surface area contributed by atoms with Crippen LogP contribution in [0.2, 0.25) is 0 Å². The number of rotatable bonds is 8. The maximum atomic E-state index is 13.9. The first-order valence-corrected chi connectivity index (χ1v) is 16.6. The van der Waals surface area contributed by atoms with Gasteiger partial charge >= 0.3 is 0 Å². The molecule has 1 saturated carbocycles. The van der Waals surface area contributed by atoms with Crippen LogP contribution in [-0.2, 0) is 15.6 Å². The predicted molar refractivity (Wildman–Crippen MR) is 162 cm³/mol. The fourth-order valence-corrected chi connectivity index (χ4v) is 7.07. The van der Waals surface area contributed by atoms with E-state index in [4.69, 9.17) is 10.1 Å². The number of piperidine rings is 2. The topological polar surface area (TPSA) is 151 Å². The highest BCUT2D eigenvalue weighted by molar-refractivity contribution is 7.89. The zero-order valence-electron chi connectivity index (χ0n) is 25.0. The third kappa shape index (κ3) is 6.17. The first-order valence-electron chi connectivity index (χ1n) is 15.0. The van der Waals surface area contributed by atoms with Crippen LogP contribution in [0.25, 0.3) is 17.1 Å². The number of primary sulfonamides is 1. The molecule has 0 bridgehead atoms. The summed E-state index contributed by atoms with van der Waals surface area (Å²) in [6.07, 6.45) is 5.69. The molecule has 1 aromatic carbocycles. The van der Waals surface area contributed by atoms with Crippen molar-refractivity contribution in [1.82, 2.24) is 20.0 Å². The second-order valence-electron chi connectivity index (χ2n) is 13.0. The molecule has 1 aliphatic carbocycles. The number of aromatic nitrogens is 4. The number of nitrogens with zero attached hydrogens (tertiary/aromatic N) is 6. The van der Waals surface area contributed by atoms with Gasteiger partial charge in [0.05, 0.1) is 35.5 Å². The van der Waals surface area contributed by atoms with Crippen molar-refractivity contribution in [2.24, 2.45) is 10.6 Å². The molecule has 1 unspecified atom stereocenters. The normalized spacial score (nSPS) is 20.6. The van der Waals surface area contributed by atoms with Gasteiger partial charge in [-0.2, -0.15) is 0 Å². The SMILES string of the molecule is CC(C)(O)c1ccc(-c2cn(-c3ccc(C(CO)S(N)(=O)=O)cc3N3CCC4(CC3)CC4)nn2)nc1N1CCC(F)(F)CC1. The number of benzene rings is 1. The van der Waals surface area contributed by atoms with E-state index in [1.165, 1.54) is 12.8 Å². The van der Waals surface area contributed by atoms with E-state index in [9.17, 15) is 27.4 Å². The predicted octanol–water partition coefficient (Wildman–Crippen LogP) is 3.49. The van der Waals surface area contributed by atoms with Gasteiger partial charge in [0.2, 0.25) is 10.0 Å². The molecule has 3 aromatic rings. The number of aliphatic hydroxyl groups is 2. The minimum Gasteiger partial charge on any atom is -0.395 e. The van der Waals surface area contributed by atoms with Crippen molar-refractivity contribution in [3.63, 3.8) is 0 Å². The van der Waals surface area contributed by atoms with Crippen LogP contribution < -0.4 is 14.9 Å². The largest absolute Gasteiger partial charge is 0.395 e. The average Bonchev–Trinajstić information content (AvgIpc) is 3.52. The lowest BCUT2D eigenvalue weighted by molar-refractivity contribution is -0.0222. The Morgan fingerprint density at radius 1 is 0.955 bits per heavy atom. The highest BCUT2D eigenvalue weighted by Crippen LogP contribution is 2.54. The first kappa shape index (κ1) is 30.8. The van der Waals surface area contributed by atoms with Gasteiger partial charge in [-0.25, -0.2) is 32.0 Å². The van der Waals surface area contributed by atoms with Gasteiger partial charge in [-0.15, -0.1) is 5.10 Å². The number of halogens is 2. The second-order valence-corrected chi connectivity index (χ2v) is 14.8. The zero-order valence-corrected chi connectivity index (χ0v) is 25.8. The lowest BCUT2D eigenvalue weighted by Crippen LogP contribution is -2.41. The Bertz CT molecular complexity index is 1630. The van der Waals surface area contributed by atoms with Gasteiger partial charge in [-0.3, -0.25) is 0 Å². The third-order valence-corrected chi connectivity index (χ3v) is 10.6. The van der Waals surface area contributed by atoms with Gasteiger partial charge < -0.3 is 20.0 Å². The van der Waals surface area contributed by atoms with E-state index in [2.05, 4.69) is 15.2 Å². The summed E-state index contributed by atoms with van der Waals surface area (Å²) < 4.78 is 53.9. The maximum Gasteiger partial charge on any atom is 0.251 e. The number of sulfonamides is 1. The summed E-state index contributed by atoms with van der Waals surface area (Å²) in [4.78, 5) is 8.77. The van der Waals surface area contributed by atoms with E-state index < -0.39 is 33.4 Å². The third-order valence-electron chi connectivity index (χ3n) is 9.39. The molecule has 6 rings (SSSR count). The lowest BCUT2D eigenvalue weighted by Gasteiger charge is -2.35. The van der Waals surface area contributed by atoms with Crippen LogP contribution in [0, 0.1) is 5.41 Å². The van der Waals surface area contributed by atoms with E-state index in [1.54, 1.807) is 60.0 Å². The van der Waals surface area contributed by atoms with E-state index >= 15 is 0 Å². The Labute approximate surface area is 255 Å². The van der Waals surface area contributed by atoms with Crippen molar-refractivity contribution in [2.45, 2.75) is 69.1 Å². The van der Waals surface area contributed by atoms with Crippen molar-refractivity contribution in [2.75, 3.05) is 42.6 Å². The molecule has 2 aliphatic heterocycles. The molecule has 14 heteroatoms. The number of alkyl halides is 2. The van der Waals surface area contributed by atoms with Crippen molar-refractivity contribution in [3.8, 4) is 17.1 Å². The molecule has 1 spiro atoms. The van der Waals surface area contributed by atoms with E-state index in [-0.39, 0.29) is 25.9 Å². The van der Waals surface area contributed by atoms with Crippen LogP contribution in [-0.4, -0.2) is 77.3 Å². The Kier molecular flexibility index (Phi) is 7.70. The summed E-state index contributed by atoms with van der Waals surface area (Å²) in [6.45, 7) is 4.45. The van der Waals surface area contributed by atoms with Crippen LogP contribution >= 0.6 is 0 Å². The molecule has 238 valence electrons. The fraction of sp³-hybridized carbons (Fsp3) is 0.567. The van der Waals surface area contributed by atoms with Crippen molar-refractivity contribution < 1.29 is 27.4 Å². The summed E-state index contributed by atoms with van der Waals surface area (Å²) in [5, 5.41) is 33.6. The van der Waals surface area contributed by atoms with Crippen LogP contribution in [0.3, 0.4) is 0 Å². The van der Waals surface area contributed by atoms with E-state index in [0.29, 0.717) is 39.4 Å². The number of anilines is 2. The van der Waals surface area contributed by atoms with Crippen LogP contribution in [0.4, 0.5) is 20.3 Å². The average molecular weight is 632 g/mol. The van der Waals surface area contributed by atoms with Crippen LogP contribution in [0.15, 0.2) is 36.5 Å².